The number of non-ortho nitro benzene ring substituents is 1. The number of nitrogens with one attached hydrogen (secondary N) is 1. The molecule has 3 aromatic rings. The number of nitro benzene ring substituents is 1. The van der Waals surface area contributed by atoms with Crippen molar-refractivity contribution < 1.29 is 19.3 Å². The van der Waals surface area contributed by atoms with E-state index in [0.717, 1.165) is 16.0 Å². The van der Waals surface area contributed by atoms with Gasteiger partial charge in [0.25, 0.3) is 5.69 Å². The maximum atomic E-state index is 13.8. The molecule has 9 heteroatoms. The fourth-order valence-corrected chi connectivity index (χ4v) is 5.57. The van der Waals surface area contributed by atoms with Crippen molar-refractivity contribution in [2.24, 2.45) is 11.8 Å². The Labute approximate surface area is 205 Å². The first-order valence-electron chi connectivity index (χ1n) is 11.5. The van der Waals surface area contributed by atoms with E-state index in [1.54, 1.807) is 30.5 Å². The number of carbonyl (C=O) groups is 3. The third kappa shape index (κ3) is 3.20. The molecule has 3 aliphatic heterocycles. The van der Waals surface area contributed by atoms with Crippen LogP contribution in [-0.4, -0.2) is 33.6 Å². The number of nitrogens with zero attached hydrogens (tertiary/aromatic N) is 3. The first kappa shape index (κ1) is 21.7. The quantitative estimate of drug-likeness (QED) is 0.346. The largest absolute Gasteiger partial charge is 0.357 e. The number of imide groups is 1. The predicted molar refractivity (Wildman–Crippen MR) is 131 cm³/mol. The van der Waals surface area contributed by atoms with Gasteiger partial charge in [-0.1, -0.05) is 42.5 Å². The summed E-state index contributed by atoms with van der Waals surface area (Å²) < 4.78 is 0. The van der Waals surface area contributed by atoms with E-state index in [1.807, 2.05) is 41.3 Å². The summed E-state index contributed by atoms with van der Waals surface area (Å²) in [6.45, 7) is 0. The van der Waals surface area contributed by atoms with Gasteiger partial charge in [-0.3, -0.25) is 24.5 Å². The van der Waals surface area contributed by atoms with Crippen LogP contribution >= 0.6 is 0 Å². The SMILES string of the molecule is O=C(Nc1ccccc1)[C@@H]1[C@@H]2C(=O)N(c3ccc([N+](=O)[O-])cc3)C(=O)[C@@H]2[C@H]2c3ccccc3C=CN12. The molecule has 4 atom stereocenters. The molecule has 3 aromatic carbocycles. The summed E-state index contributed by atoms with van der Waals surface area (Å²) in [6, 6.07) is 20.5. The maximum Gasteiger partial charge on any atom is 0.269 e. The van der Waals surface area contributed by atoms with Crippen LogP contribution in [-0.2, 0) is 14.4 Å². The summed E-state index contributed by atoms with van der Waals surface area (Å²) in [6.07, 6.45) is 3.68. The topological polar surface area (TPSA) is 113 Å². The number of fused-ring (bicyclic) bond motifs is 5. The van der Waals surface area contributed by atoms with Gasteiger partial charge in [0.15, 0.2) is 0 Å². The van der Waals surface area contributed by atoms with Crippen molar-refractivity contribution >= 4 is 40.9 Å². The van der Waals surface area contributed by atoms with Crippen LogP contribution in [0.3, 0.4) is 0 Å². The van der Waals surface area contributed by atoms with E-state index in [0.29, 0.717) is 5.69 Å². The van der Waals surface area contributed by atoms with Gasteiger partial charge < -0.3 is 10.2 Å². The Morgan fingerprint density at radius 1 is 0.861 bits per heavy atom. The van der Waals surface area contributed by atoms with Crippen molar-refractivity contribution in [3.8, 4) is 0 Å². The molecule has 0 aromatic heterocycles. The molecule has 0 unspecified atom stereocenters. The average Bonchev–Trinajstić information content (AvgIpc) is 3.37. The second kappa shape index (κ2) is 8.16. The zero-order valence-corrected chi connectivity index (χ0v) is 18.9. The lowest BCUT2D eigenvalue weighted by atomic mass is 9.84. The molecular weight excluding hydrogens is 460 g/mol. The summed E-state index contributed by atoms with van der Waals surface area (Å²) >= 11 is 0. The zero-order chi connectivity index (χ0) is 25.0. The van der Waals surface area contributed by atoms with Gasteiger partial charge in [0, 0.05) is 24.0 Å². The van der Waals surface area contributed by atoms with E-state index in [1.165, 1.54) is 24.3 Å². The van der Waals surface area contributed by atoms with E-state index >= 15 is 0 Å². The second-order valence-electron chi connectivity index (χ2n) is 8.97. The van der Waals surface area contributed by atoms with E-state index in [2.05, 4.69) is 5.32 Å². The van der Waals surface area contributed by atoms with Gasteiger partial charge in [-0.05, 0) is 41.5 Å². The van der Waals surface area contributed by atoms with Gasteiger partial charge >= 0.3 is 0 Å². The Hall–Kier alpha value is -4.79. The molecule has 36 heavy (non-hydrogen) atoms. The lowest BCUT2D eigenvalue weighted by Crippen LogP contribution is -2.46. The van der Waals surface area contributed by atoms with Crippen molar-refractivity contribution in [2.45, 2.75) is 12.1 Å². The number of para-hydroxylation sites is 1. The molecule has 6 rings (SSSR count). The van der Waals surface area contributed by atoms with Gasteiger partial charge in [0.05, 0.1) is 28.5 Å². The smallest absolute Gasteiger partial charge is 0.269 e. The highest BCUT2D eigenvalue weighted by atomic mass is 16.6. The molecule has 1 N–H and O–H groups in total. The molecule has 178 valence electrons. The number of benzene rings is 3. The standard InChI is InChI=1S/C27H20N4O5/c32-25(28-17-7-2-1-3-8-17)24-22-21(23-20-9-5-4-6-16(20)14-15-29(23)24)26(33)30(27(22)34)18-10-12-19(13-11-18)31(35)36/h1-15,21-24H,(H,28,32)/t21-,22+,23+,24-/m0/s1. The third-order valence-electron chi connectivity index (χ3n) is 7.09. The summed E-state index contributed by atoms with van der Waals surface area (Å²) in [5.74, 6) is -3.00. The molecule has 3 heterocycles. The predicted octanol–water partition coefficient (Wildman–Crippen LogP) is 3.75. The van der Waals surface area contributed by atoms with Crippen LogP contribution in [0.15, 0.2) is 85.1 Å². The van der Waals surface area contributed by atoms with E-state index in [9.17, 15) is 24.5 Å². The minimum Gasteiger partial charge on any atom is -0.357 e. The van der Waals surface area contributed by atoms with Crippen LogP contribution in [0.1, 0.15) is 17.2 Å². The molecule has 3 amide bonds. The van der Waals surface area contributed by atoms with E-state index in [-0.39, 0.29) is 17.3 Å². The van der Waals surface area contributed by atoms with Crippen LogP contribution in [0.2, 0.25) is 0 Å². The fraction of sp³-hybridized carbons (Fsp3) is 0.148. The highest BCUT2D eigenvalue weighted by Gasteiger charge is 2.64. The molecule has 0 bridgehead atoms. The van der Waals surface area contributed by atoms with Crippen molar-refractivity contribution in [1.82, 2.24) is 4.90 Å². The zero-order valence-electron chi connectivity index (χ0n) is 18.9. The molecule has 2 fully saturated rings. The fourth-order valence-electron chi connectivity index (χ4n) is 5.57. The van der Waals surface area contributed by atoms with Gasteiger partial charge in [-0.25, -0.2) is 4.90 Å². The van der Waals surface area contributed by atoms with E-state index < -0.39 is 40.7 Å². The van der Waals surface area contributed by atoms with Crippen LogP contribution in [0, 0.1) is 22.0 Å². The maximum absolute atomic E-state index is 13.8. The van der Waals surface area contributed by atoms with Crippen LogP contribution in [0.25, 0.3) is 6.08 Å². The normalized spacial score (nSPS) is 23.8. The number of hydrogen-bond donors (Lipinski definition) is 1. The molecule has 0 radical (unpaired) electrons. The van der Waals surface area contributed by atoms with Gasteiger partial charge in [-0.2, -0.15) is 0 Å². The number of rotatable bonds is 4. The molecule has 2 saturated heterocycles. The second-order valence-corrected chi connectivity index (χ2v) is 8.97. The Bertz CT molecular complexity index is 1440. The number of nitro groups is 1. The molecule has 0 aliphatic carbocycles. The lowest BCUT2D eigenvalue weighted by molar-refractivity contribution is -0.384. The minimum absolute atomic E-state index is 0.143. The highest BCUT2D eigenvalue weighted by molar-refractivity contribution is 6.24. The van der Waals surface area contributed by atoms with Gasteiger partial charge in [0.2, 0.25) is 17.7 Å². The van der Waals surface area contributed by atoms with Crippen LogP contribution in [0.4, 0.5) is 17.1 Å². The summed E-state index contributed by atoms with van der Waals surface area (Å²) in [5.41, 5.74) is 2.49. The van der Waals surface area contributed by atoms with Crippen molar-refractivity contribution in [3.05, 3.63) is 106 Å². The van der Waals surface area contributed by atoms with Gasteiger partial charge in [0.1, 0.15) is 6.04 Å². The number of amides is 3. The molecule has 9 nitrogen and oxygen atoms in total. The average molecular weight is 480 g/mol. The molecular formula is C27H20N4O5. The Balaban J connectivity index is 1.43. The van der Waals surface area contributed by atoms with Crippen molar-refractivity contribution in [2.75, 3.05) is 10.2 Å². The molecule has 0 spiro atoms. The molecule has 3 aliphatic rings. The summed E-state index contributed by atoms with van der Waals surface area (Å²) in [7, 11) is 0. The third-order valence-corrected chi connectivity index (χ3v) is 7.09. The number of anilines is 2. The first-order chi connectivity index (χ1) is 17.5. The van der Waals surface area contributed by atoms with Crippen LogP contribution < -0.4 is 10.2 Å². The number of carbonyl (C=O) groups excluding carboxylic acids is 3. The Morgan fingerprint density at radius 2 is 1.53 bits per heavy atom. The van der Waals surface area contributed by atoms with Crippen molar-refractivity contribution in [1.29, 1.82) is 0 Å². The van der Waals surface area contributed by atoms with E-state index in [4.69, 9.17) is 0 Å². The number of hydrogen-bond acceptors (Lipinski definition) is 6. The Kier molecular flexibility index (Phi) is 4.92. The minimum atomic E-state index is -0.919. The summed E-state index contributed by atoms with van der Waals surface area (Å²) in [4.78, 5) is 54.6. The molecule has 0 saturated carbocycles. The van der Waals surface area contributed by atoms with Crippen LogP contribution in [0.5, 0.6) is 0 Å². The highest BCUT2D eigenvalue weighted by Crippen LogP contribution is 2.53. The lowest BCUT2D eigenvalue weighted by Gasteiger charge is -2.35. The van der Waals surface area contributed by atoms with Gasteiger partial charge in [-0.15, -0.1) is 0 Å². The summed E-state index contributed by atoms with van der Waals surface area (Å²) in [5, 5.41) is 14.0. The first-order valence-corrected chi connectivity index (χ1v) is 11.5. The van der Waals surface area contributed by atoms with Crippen molar-refractivity contribution in [3.63, 3.8) is 0 Å². The Morgan fingerprint density at radius 3 is 2.25 bits per heavy atom. The monoisotopic (exact) mass is 480 g/mol.